The van der Waals surface area contributed by atoms with Crippen molar-refractivity contribution in [3.05, 3.63) is 24.5 Å². The van der Waals surface area contributed by atoms with Crippen LogP contribution in [0.15, 0.2) is 24.5 Å². The number of alkyl halides is 1. The summed E-state index contributed by atoms with van der Waals surface area (Å²) in [6.45, 7) is 9.61. The van der Waals surface area contributed by atoms with Crippen LogP contribution in [-0.2, 0) is 47.4 Å². The molecule has 8 rings (SSSR count). The van der Waals surface area contributed by atoms with Gasteiger partial charge in [0.1, 0.15) is 13.2 Å². The summed E-state index contributed by atoms with van der Waals surface area (Å²) in [7, 11) is 0. The first-order valence-corrected chi connectivity index (χ1v) is 15.9. The van der Waals surface area contributed by atoms with Crippen LogP contribution < -0.4 is 0 Å². The molecule has 0 radical (unpaired) electrons. The van der Waals surface area contributed by atoms with Crippen molar-refractivity contribution in [3.8, 4) is 12.3 Å². The van der Waals surface area contributed by atoms with Gasteiger partial charge in [-0.25, -0.2) is 0 Å². The molecule has 1 N–H and O–H groups in total. The first-order chi connectivity index (χ1) is 20.5. The van der Waals surface area contributed by atoms with Gasteiger partial charge in [-0.1, -0.05) is 35.1 Å². The van der Waals surface area contributed by atoms with E-state index in [1.54, 1.807) is 6.26 Å². The number of terminal acetylenes is 1. The third-order valence-electron chi connectivity index (χ3n) is 7.74. The molecule has 0 aromatic rings. The maximum absolute atomic E-state index is 10.9. The highest BCUT2D eigenvalue weighted by Gasteiger charge is 2.41. The number of carbonyl (C=O) groups excluding carboxylic acids is 1. The molecule has 11 nitrogen and oxygen atoms in total. The molecule has 7 saturated heterocycles. The Kier molecular flexibility index (Phi) is 14.5. The Morgan fingerprint density at radius 3 is 2.19 bits per heavy atom. The fraction of sp³-hybridized carbons (Fsp3) is 0.767. The van der Waals surface area contributed by atoms with Crippen molar-refractivity contribution in [2.75, 3.05) is 59.5 Å². The summed E-state index contributed by atoms with van der Waals surface area (Å²) in [4.78, 5) is 10.9. The number of fused-ring (bicyclic) bond motifs is 3. The summed E-state index contributed by atoms with van der Waals surface area (Å²) in [5.41, 5.74) is 1.21. The largest absolute Gasteiger partial charge is 0.501 e. The minimum atomic E-state index is -0.280. The zero-order valence-electron chi connectivity index (χ0n) is 23.9. The lowest BCUT2D eigenvalue weighted by atomic mass is 10.0. The number of hydrogen-bond donors (Lipinski definition) is 1. The van der Waals surface area contributed by atoms with Crippen molar-refractivity contribution in [1.29, 1.82) is 0 Å². The standard InChI is InChI=1S/C7H9IO2.C7H10O2.C6H10O3.C6H8O3.C4H6O/c1-2-4-9-7-6(8)3-5-10-7;1-5-4-9-7-6(5)2-3-8-7;2*7-5-3-9-6-4(5)1-2-8-6;1-2-4-5-3-1/h1,6-7H,3-5H2;6-7H,1-4H2;4-7H,1-3H2;4,6H,1-3H2;1,3H,2,4H2. The van der Waals surface area contributed by atoms with E-state index in [1.807, 2.05) is 6.08 Å². The molecule has 8 aliphatic heterocycles. The lowest BCUT2D eigenvalue weighted by Gasteiger charge is -2.11. The Labute approximate surface area is 261 Å². The minimum absolute atomic E-state index is 0.0532. The number of hydrogen-bond acceptors (Lipinski definition) is 11. The summed E-state index contributed by atoms with van der Waals surface area (Å²) < 4.78 is 46.6. The van der Waals surface area contributed by atoms with Crippen LogP contribution >= 0.6 is 22.6 Å². The van der Waals surface area contributed by atoms with Crippen LogP contribution in [0.4, 0.5) is 0 Å². The third-order valence-corrected chi connectivity index (χ3v) is 8.95. The van der Waals surface area contributed by atoms with Gasteiger partial charge in [-0.2, -0.15) is 0 Å². The van der Waals surface area contributed by atoms with Crippen molar-refractivity contribution in [1.82, 2.24) is 0 Å². The van der Waals surface area contributed by atoms with Crippen LogP contribution in [-0.4, -0.2) is 106 Å². The normalized spacial score (nSPS) is 38.4. The van der Waals surface area contributed by atoms with Gasteiger partial charge in [0, 0.05) is 18.3 Å². The van der Waals surface area contributed by atoms with E-state index < -0.39 is 0 Å². The van der Waals surface area contributed by atoms with Gasteiger partial charge >= 0.3 is 0 Å². The Morgan fingerprint density at radius 1 is 0.905 bits per heavy atom. The number of carbonyl (C=O) groups is 1. The average Bonchev–Trinajstić information content (AvgIpc) is 3.82. The molecule has 0 aromatic heterocycles. The second kappa shape index (κ2) is 18.0. The SMILES string of the molecule is C#CCOC1OCCC1I.C1=COCC1.C=C1COC2OCCC12.O=C1COC2OCCC12.OC1COC2OCCC12. The van der Waals surface area contributed by atoms with E-state index in [2.05, 4.69) is 35.1 Å². The Hall–Kier alpha value is -1.12. The van der Waals surface area contributed by atoms with E-state index in [1.165, 1.54) is 5.57 Å². The van der Waals surface area contributed by atoms with Crippen LogP contribution in [0, 0.1) is 30.1 Å². The van der Waals surface area contributed by atoms with Gasteiger partial charge in [-0.15, -0.1) is 6.42 Å². The molecule has 0 saturated carbocycles. The smallest absolute Gasteiger partial charge is 0.170 e. The Balaban J connectivity index is 0.000000122. The monoisotopic (exact) mass is 706 g/mol. The van der Waals surface area contributed by atoms with E-state index >= 15 is 0 Å². The van der Waals surface area contributed by atoms with Crippen LogP contribution in [0.3, 0.4) is 0 Å². The van der Waals surface area contributed by atoms with Crippen molar-refractivity contribution >= 4 is 28.4 Å². The van der Waals surface area contributed by atoms with Gasteiger partial charge in [0.25, 0.3) is 0 Å². The molecule has 0 spiro atoms. The predicted molar refractivity (Wildman–Crippen MR) is 158 cm³/mol. The maximum Gasteiger partial charge on any atom is 0.170 e. The first kappa shape index (κ1) is 33.8. The van der Waals surface area contributed by atoms with Gasteiger partial charge in [0.15, 0.2) is 30.9 Å². The number of Topliss-reactive ketones (excluding diaryl/α,β-unsaturated/α-hetero) is 1. The number of ether oxygens (including phenoxy) is 9. The highest BCUT2D eigenvalue weighted by atomic mass is 127. The minimum Gasteiger partial charge on any atom is -0.501 e. The van der Waals surface area contributed by atoms with E-state index in [9.17, 15) is 9.90 Å². The zero-order chi connectivity index (χ0) is 29.7. The van der Waals surface area contributed by atoms with Gasteiger partial charge in [0.05, 0.1) is 68.5 Å². The number of aliphatic hydroxyl groups excluding tert-OH is 1. The molecule has 0 aromatic carbocycles. The van der Waals surface area contributed by atoms with Gasteiger partial charge in [-0.05, 0) is 37.3 Å². The molecular weight excluding hydrogens is 663 g/mol. The van der Waals surface area contributed by atoms with E-state index in [-0.39, 0.29) is 55.5 Å². The second-order valence-electron chi connectivity index (χ2n) is 10.7. The Bertz CT molecular complexity index is 883. The number of ketones is 1. The van der Waals surface area contributed by atoms with E-state index in [0.717, 1.165) is 58.5 Å². The lowest BCUT2D eigenvalue weighted by Crippen LogP contribution is -2.19. The topological polar surface area (TPSA) is 120 Å². The molecule has 0 aliphatic carbocycles. The molecule has 9 atom stereocenters. The molecule has 8 heterocycles. The number of aliphatic hydroxyl groups is 1. The number of halogens is 1. The highest BCUT2D eigenvalue weighted by molar-refractivity contribution is 14.1. The Morgan fingerprint density at radius 2 is 1.60 bits per heavy atom. The van der Waals surface area contributed by atoms with Crippen LogP contribution in [0.1, 0.15) is 32.1 Å². The van der Waals surface area contributed by atoms with Crippen molar-refractivity contribution in [2.24, 2.45) is 17.8 Å². The van der Waals surface area contributed by atoms with Crippen molar-refractivity contribution < 1.29 is 52.5 Å². The fourth-order valence-electron chi connectivity index (χ4n) is 5.33. The fourth-order valence-corrected chi connectivity index (χ4v) is 6.00. The second-order valence-corrected chi connectivity index (χ2v) is 12.3. The molecule has 42 heavy (non-hydrogen) atoms. The average molecular weight is 707 g/mol. The van der Waals surface area contributed by atoms with E-state index in [0.29, 0.717) is 36.3 Å². The summed E-state index contributed by atoms with van der Waals surface area (Å²) >= 11 is 2.32. The molecular formula is C30H43IO11. The summed E-state index contributed by atoms with van der Waals surface area (Å²) in [5.74, 6) is 3.44. The van der Waals surface area contributed by atoms with Crippen LogP contribution in [0.5, 0.6) is 0 Å². The predicted octanol–water partition coefficient (Wildman–Crippen LogP) is 2.73. The summed E-state index contributed by atoms with van der Waals surface area (Å²) in [6.07, 6.45) is 13.2. The third kappa shape index (κ3) is 9.95. The number of rotatable bonds is 2. The molecule has 0 amide bonds. The summed E-state index contributed by atoms with van der Waals surface area (Å²) in [6, 6.07) is 0. The molecule has 236 valence electrons. The molecule has 8 aliphatic rings. The lowest BCUT2D eigenvalue weighted by molar-refractivity contribution is -0.120. The maximum atomic E-state index is 10.9. The molecule has 0 bridgehead atoms. The van der Waals surface area contributed by atoms with Crippen LogP contribution in [0.2, 0.25) is 0 Å². The highest BCUT2D eigenvalue weighted by Crippen LogP contribution is 2.34. The van der Waals surface area contributed by atoms with Crippen molar-refractivity contribution in [2.45, 2.75) is 67.3 Å². The van der Waals surface area contributed by atoms with Gasteiger partial charge in [-0.3, -0.25) is 4.79 Å². The van der Waals surface area contributed by atoms with Crippen molar-refractivity contribution in [3.63, 3.8) is 0 Å². The molecule has 7 fully saturated rings. The molecule has 9 unspecified atom stereocenters. The van der Waals surface area contributed by atoms with Gasteiger partial charge in [0.2, 0.25) is 0 Å². The quantitative estimate of drug-likeness (QED) is 0.198. The molecule has 12 heteroatoms. The van der Waals surface area contributed by atoms with Gasteiger partial charge < -0.3 is 47.7 Å². The van der Waals surface area contributed by atoms with Crippen LogP contribution in [0.25, 0.3) is 0 Å². The zero-order valence-corrected chi connectivity index (χ0v) is 26.1. The van der Waals surface area contributed by atoms with E-state index in [4.69, 9.17) is 49.1 Å². The summed E-state index contributed by atoms with van der Waals surface area (Å²) in [5, 5.41) is 9.19. The first-order valence-electron chi connectivity index (χ1n) is 14.6.